The minimum Gasteiger partial charge on any atom is -0.314 e. The molecule has 0 fully saturated rings. The number of hydrogen-bond acceptors (Lipinski definition) is 4. The molecular formula is C11H18N2O3S. The number of nitrogens with one attached hydrogen (secondary N) is 1. The van der Waals surface area contributed by atoms with Gasteiger partial charge in [0.25, 0.3) is 5.56 Å². The smallest absolute Gasteiger partial charge is 0.250 e. The largest absolute Gasteiger partial charge is 0.314 e. The molecule has 17 heavy (non-hydrogen) atoms. The summed E-state index contributed by atoms with van der Waals surface area (Å²) >= 11 is 0. The van der Waals surface area contributed by atoms with Crippen LogP contribution < -0.4 is 10.9 Å². The number of pyridine rings is 1. The van der Waals surface area contributed by atoms with Gasteiger partial charge in [0.2, 0.25) is 0 Å². The van der Waals surface area contributed by atoms with Crippen molar-refractivity contribution in [1.29, 1.82) is 0 Å². The molecule has 1 heterocycles. The van der Waals surface area contributed by atoms with Crippen LogP contribution in [-0.4, -0.2) is 37.6 Å². The molecule has 5 nitrogen and oxygen atoms in total. The molecule has 0 saturated carbocycles. The molecule has 0 spiro atoms. The number of sulfone groups is 1. The first kappa shape index (κ1) is 13.9. The monoisotopic (exact) mass is 258 g/mol. The quantitative estimate of drug-likeness (QED) is 0.692. The fourth-order valence-electron chi connectivity index (χ4n) is 1.34. The van der Waals surface area contributed by atoms with Gasteiger partial charge in [-0.05, 0) is 6.07 Å². The summed E-state index contributed by atoms with van der Waals surface area (Å²) in [6, 6.07) is 4.99. The van der Waals surface area contributed by atoms with Gasteiger partial charge >= 0.3 is 0 Å². The van der Waals surface area contributed by atoms with Crippen LogP contribution in [0.25, 0.3) is 0 Å². The lowest BCUT2D eigenvalue weighted by Crippen LogP contribution is -2.29. The highest BCUT2D eigenvalue weighted by molar-refractivity contribution is 7.91. The number of aromatic nitrogens is 1. The lowest BCUT2D eigenvalue weighted by Gasteiger charge is -2.06. The van der Waals surface area contributed by atoms with Crippen LogP contribution in [0.5, 0.6) is 0 Å². The van der Waals surface area contributed by atoms with E-state index in [1.165, 1.54) is 6.07 Å². The molecule has 96 valence electrons. The second-order valence-electron chi connectivity index (χ2n) is 3.72. The minimum absolute atomic E-state index is 0.0459. The zero-order valence-electron chi connectivity index (χ0n) is 9.93. The van der Waals surface area contributed by atoms with E-state index in [1.807, 2.05) is 0 Å². The maximum atomic E-state index is 11.3. The van der Waals surface area contributed by atoms with Crippen molar-refractivity contribution in [2.45, 2.75) is 13.5 Å². The summed E-state index contributed by atoms with van der Waals surface area (Å²) in [4.78, 5) is 11.3. The van der Waals surface area contributed by atoms with E-state index in [4.69, 9.17) is 0 Å². The van der Waals surface area contributed by atoms with E-state index >= 15 is 0 Å². The van der Waals surface area contributed by atoms with Gasteiger partial charge < -0.3 is 9.88 Å². The molecule has 0 radical (unpaired) electrons. The predicted octanol–water partition coefficient (Wildman–Crippen LogP) is -0.127. The zero-order valence-corrected chi connectivity index (χ0v) is 10.7. The highest BCUT2D eigenvalue weighted by Crippen LogP contribution is 1.87. The van der Waals surface area contributed by atoms with Gasteiger partial charge in [0, 0.05) is 37.7 Å². The molecule has 0 amide bonds. The highest BCUT2D eigenvalue weighted by atomic mass is 32.2. The summed E-state index contributed by atoms with van der Waals surface area (Å²) in [7, 11) is -2.90. The molecule has 0 aliphatic heterocycles. The molecule has 6 heteroatoms. The predicted molar refractivity (Wildman–Crippen MR) is 67.9 cm³/mol. The van der Waals surface area contributed by atoms with Crippen molar-refractivity contribution >= 4 is 9.84 Å². The van der Waals surface area contributed by atoms with Crippen LogP contribution in [0.2, 0.25) is 0 Å². The summed E-state index contributed by atoms with van der Waals surface area (Å²) < 4.78 is 24.0. The van der Waals surface area contributed by atoms with E-state index in [2.05, 4.69) is 5.32 Å². The van der Waals surface area contributed by atoms with Crippen LogP contribution in [0.1, 0.15) is 6.92 Å². The Bertz CT molecular complexity index is 493. The Morgan fingerprint density at radius 2 is 2.06 bits per heavy atom. The summed E-state index contributed by atoms with van der Waals surface area (Å²) in [6.07, 6.45) is 1.72. The zero-order chi connectivity index (χ0) is 12.7. The van der Waals surface area contributed by atoms with Gasteiger partial charge in [-0.25, -0.2) is 8.42 Å². The number of hydrogen-bond donors (Lipinski definition) is 1. The van der Waals surface area contributed by atoms with Crippen LogP contribution in [-0.2, 0) is 16.4 Å². The maximum absolute atomic E-state index is 11.3. The van der Waals surface area contributed by atoms with Crippen molar-refractivity contribution in [3.05, 3.63) is 34.7 Å². The molecule has 1 rings (SSSR count). The van der Waals surface area contributed by atoms with Gasteiger partial charge in [0.1, 0.15) is 0 Å². The molecular weight excluding hydrogens is 240 g/mol. The lowest BCUT2D eigenvalue weighted by atomic mass is 10.4. The first-order valence-corrected chi connectivity index (χ1v) is 7.44. The molecule has 0 saturated heterocycles. The molecule has 0 aliphatic rings. The van der Waals surface area contributed by atoms with Crippen LogP contribution in [0.15, 0.2) is 29.2 Å². The first-order valence-electron chi connectivity index (χ1n) is 5.62. The van der Waals surface area contributed by atoms with Gasteiger partial charge in [0.15, 0.2) is 9.84 Å². The molecule has 0 aromatic carbocycles. The van der Waals surface area contributed by atoms with Crippen LogP contribution in [0, 0.1) is 0 Å². The van der Waals surface area contributed by atoms with E-state index in [1.54, 1.807) is 29.8 Å². The lowest BCUT2D eigenvalue weighted by molar-refractivity contribution is 0.578. The second kappa shape index (κ2) is 6.56. The van der Waals surface area contributed by atoms with Crippen molar-refractivity contribution in [2.75, 3.05) is 24.6 Å². The van der Waals surface area contributed by atoms with Crippen LogP contribution >= 0.6 is 0 Å². The van der Waals surface area contributed by atoms with E-state index in [0.717, 1.165) is 0 Å². The topological polar surface area (TPSA) is 68.2 Å². The molecule has 0 unspecified atom stereocenters. The second-order valence-corrected chi connectivity index (χ2v) is 6.19. The fourth-order valence-corrected chi connectivity index (χ4v) is 2.09. The first-order chi connectivity index (χ1) is 8.05. The van der Waals surface area contributed by atoms with E-state index < -0.39 is 9.84 Å². The highest BCUT2D eigenvalue weighted by Gasteiger charge is 2.05. The third kappa shape index (κ3) is 5.14. The average Bonchev–Trinajstić information content (AvgIpc) is 2.31. The van der Waals surface area contributed by atoms with Crippen molar-refractivity contribution < 1.29 is 8.42 Å². The van der Waals surface area contributed by atoms with E-state index in [-0.39, 0.29) is 17.1 Å². The fraction of sp³-hybridized carbons (Fsp3) is 0.545. The third-order valence-electron chi connectivity index (χ3n) is 2.46. The molecule has 0 bridgehead atoms. The number of nitrogens with zero attached hydrogens (tertiary/aromatic N) is 1. The molecule has 0 atom stereocenters. The Labute approximate surface area is 101 Å². The Hall–Kier alpha value is -1.14. The Morgan fingerprint density at radius 3 is 2.71 bits per heavy atom. The number of rotatable bonds is 7. The van der Waals surface area contributed by atoms with Gasteiger partial charge in [-0.2, -0.15) is 0 Å². The van der Waals surface area contributed by atoms with Crippen LogP contribution in [0.4, 0.5) is 0 Å². The molecule has 1 N–H and O–H groups in total. The van der Waals surface area contributed by atoms with E-state index in [0.29, 0.717) is 19.6 Å². The van der Waals surface area contributed by atoms with Crippen molar-refractivity contribution in [3.63, 3.8) is 0 Å². The third-order valence-corrected chi connectivity index (χ3v) is 4.16. The molecule has 1 aromatic heterocycles. The Morgan fingerprint density at radius 1 is 1.29 bits per heavy atom. The van der Waals surface area contributed by atoms with Gasteiger partial charge in [-0.15, -0.1) is 0 Å². The van der Waals surface area contributed by atoms with E-state index in [9.17, 15) is 13.2 Å². The normalized spacial score (nSPS) is 11.6. The SMILES string of the molecule is CCS(=O)(=O)CCNCCn1ccccc1=O. The molecule has 0 aliphatic carbocycles. The van der Waals surface area contributed by atoms with Crippen molar-refractivity contribution in [3.8, 4) is 0 Å². The van der Waals surface area contributed by atoms with Gasteiger partial charge in [0.05, 0.1) is 5.75 Å². The average molecular weight is 258 g/mol. The Kier molecular flexibility index (Phi) is 5.37. The summed E-state index contributed by atoms with van der Waals surface area (Å²) in [5.41, 5.74) is -0.0459. The van der Waals surface area contributed by atoms with Crippen molar-refractivity contribution in [1.82, 2.24) is 9.88 Å². The molecule has 1 aromatic rings. The summed E-state index contributed by atoms with van der Waals surface area (Å²) in [5.74, 6) is 0.319. The van der Waals surface area contributed by atoms with Crippen molar-refractivity contribution in [2.24, 2.45) is 0 Å². The van der Waals surface area contributed by atoms with Gasteiger partial charge in [-0.1, -0.05) is 13.0 Å². The van der Waals surface area contributed by atoms with Crippen LogP contribution in [0.3, 0.4) is 0 Å². The minimum atomic E-state index is -2.90. The van der Waals surface area contributed by atoms with Gasteiger partial charge in [-0.3, -0.25) is 4.79 Å². The Balaban J connectivity index is 2.26. The maximum Gasteiger partial charge on any atom is 0.250 e. The summed E-state index contributed by atoms with van der Waals surface area (Å²) in [5, 5.41) is 3.01. The summed E-state index contributed by atoms with van der Waals surface area (Å²) in [6.45, 7) is 3.20. The standard InChI is InChI=1S/C11H18N2O3S/c1-2-17(15,16)10-7-12-6-9-13-8-4-3-5-11(13)14/h3-5,8,12H,2,6-7,9-10H2,1H3.